The van der Waals surface area contributed by atoms with Gasteiger partial charge < -0.3 is 10.5 Å². The lowest BCUT2D eigenvalue weighted by Crippen LogP contribution is -2.36. The first-order chi connectivity index (χ1) is 8.61. The summed E-state index contributed by atoms with van der Waals surface area (Å²) in [5, 5.41) is 0. The number of carbonyl (C=O) groups excluding carboxylic acids is 1. The van der Waals surface area contributed by atoms with E-state index in [0.29, 0.717) is 11.7 Å². The number of ether oxygens (including phenoxy) is 1. The Morgan fingerprint density at radius 3 is 2.50 bits per heavy atom. The maximum atomic E-state index is 12.1. The van der Waals surface area contributed by atoms with Gasteiger partial charge in [-0.2, -0.15) is 0 Å². The third-order valence-corrected chi connectivity index (χ3v) is 3.53. The van der Waals surface area contributed by atoms with Crippen molar-refractivity contribution in [3.8, 4) is 5.75 Å². The van der Waals surface area contributed by atoms with Crippen LogP contribution >= 0.6 is 0 Å². The summed E-state index contributed by atoms with van der Waals surface area (Å²) in [6, 6.07) is 6.92. The fraction of sp³-hybridized carbons (Fsp3) is 0.533. The van der Waals surface area contributed by atoms with E-state index in [-0.39, 0.29) is 11.7 Å². The van der Waals surface area contributed by atoms with E-state index in [1.165, 1.54) is 0 Å². The second kappa shape index (κ2) is 5.53. The van der Waals surface area contributed by atoms with Crippen molar-refractivity contribution in [2.24, 2.45) is 11.7 Å². The molecule has 1 saturated carbocycles. The van der Waals surface area contributed by atoms with Crippen LogP contribution in [0.2, 0.25) is 0 Å². The van der Waals surface area contributed by atoms with Crippen LogP contribution in [-0.4, -0.2) is 17.9 Å². The predicted molar refractivity (Wildman–Crippen MR) is 71.9 cm³/mol. The summed E-state index contributed by atoms with van der Waals surface area (Å²) in [5.74, 6) is 1.06. The van der Waals surface area contributed by atoms with Gasteiger partial charge in [0.15, 0.2) is 5.78 Å². The number of ketones is 1. The van der Waals surface area contributed by atoms with Gasteiger partial charge in [0.05, 0.1) is 12.1 Å². The third kappa shape index (κ3) is 3.10. The first-order valence-electron chi connectivity index (χ1n) is 6.68. The van der Waals surface area contributed by atoms with Crippen LogP contribution in [-0.2, 0) is 0 Å². The zero-order chi connectivity index (χ0) is 13.1. The minimum absolute atomic E-state index is 0.0160. The van der Waals surface area contributed by atoms with E-state index in [0.717, 1.165) is 25.0 Å². The first-order valence-corrected chi connectivity index (χ1v) is 6.68. The highest BCUT2D eigenvalue weighted by atomic mass is 16.5. The summed E-state index contributed by atoms with van der Waals surface area (Å²) in [5.41, 5.74) is 6.62. The largest absolute Gasteiger partial charge is 0.490 e. The molecule has 2 N–H and O–H groups in total. The van der Waals surface area contributed by atoms with Gasteiger partial charge in [0, 0.05) is 5.56 Å². The SMILES string of the molecule is CCC(C)C(N)C(=O)c1ccc(OC2CC2)cc1. The zero-order valence-electron chi connectivity index (χ0n) is 11.1. The van der Waals surface area contributed by atoms with Gasteiger partial charge in [-0.05, 0) is 43.0 Å². The molecule has 1 fully saturated rings. The number of Topliss-reactive ketones (excluding diaryl/α,β-unsaturated/α-hetero) is 1. The minimum atomic E-state index is -0.412. The molecule has 1 aromatic carbocycles. The topological polar surface area (TPSA) is 52.3 Å². The lowest BCUT2D eigenvalue weighted by Gasteiger charge is -2.17. The molecular weight excluding hydrogens is 226 g/mol. The summed E-state index contributed by atoms with van der Waals surface area (Å²) in [6.45, 7) is 4.05. The molecule has 0 spiro atoms. The Morgan fingerprint density at radius 1 is 1.39 bits per heavy atom. The molecule has 2 unspecified atom stereocenters. The second-order valence-electron chi connectivity index (χ2n) is 5.12. The van der Waals surface area contributed by atoms with Crippen LogP contribution in [0.15, 0.2) is 24.3 Å². The Bertz CT molecular complexity index is 409. The van der Waals surface area contributed by atoms with Crippen LogP contribution in [0.1, 0.15) is 43.5 Å². The van der Waals surface area contributed by atoms with Crippen molar-refractivity contribution in [1.82, 2.24) is 0 Å². The number of carbonyl (C=O) groups is 1. The fourth-order valence-corrected chi connectivity index (χ4v) is 1.78. The molecule has 0 aliphatic heterocycles. The Hall–Kier alpha value is -1.35. The molecule has 3 heteroatoms. The molecule has 1 aliphatic rings. The van der Waals surface area contributed by atoms with Crippen LogP contribution in [0.5, 0.6) is 5.75 Å². The smallest absolute Gasteiger partial charge is 0.179 e. The van der Waals surface area contributed by atoms with Gasteiger partial charge in [0.25, 0.3) is 0 Å². The molecule has 1 aliphatic carbocycles. The van der Waals surface area contributed by atoms with Crippen molar-refractivity contribution in [3.05, 3.63) is 29.8 Å². The summed E-state index contributed by atoms with van der Waals surface area (Å²) in [6.07, 6.45) is 3.57. The molecule has 0 bridgehead atoms. The quantitative estimate of drug-likeness (QED) is 0.786. The average Bonchev–Trinajstić information content (AvgIpc) is 3.21. The molecule has 0 amide bonds. The molecule has 0 aromatic heterocycles. The third-order valence-electron chi connectivity index (χ3n) is 3.53. The van der Waals surface area contributed by atoms with Gasteiger partial charge in [0.1, 0.15) is 5.75 Å². The lowest BCUT2D eigenvalue weighted by molar-refractivity contribution is 0.0935. The van der Waals surface area contributed by atoms with Crippen LogP contribution in [0.4, 0.5) is 0 Å². The van der Waals surface area contributed by atoms with Gasteiger partial charge in [-0.25, -0.2) is 0 Å². The van der Waals surface area contributed by atoms with E-state index in [9.17, 15) is 4.79 Å². The lowest BCUT2D eigenvalue weighted by atomic mass is 9.93. The average molecular weight is 247 g/mol. The van der Waals surface area contributed by atoms with Gasteiger partial charge in [-0.15, -0.1) is 0 Å². The monoisotopic (exact) mass is 247 g/mol. The van der Waals surface area contributed by atoms with Gasteiger partial charge in [-0.3, -0.25) is 4.79 Å². The summed E-state index contributed by atoms with van der Waals surface area (Å²) < 4.78 is 5.65. The van der Waals surface area contributed by atoms with Crippen molar-refractivity contribution in [2.75, 3.05) is 0 Å². The molecular formula is C15H21NO2. The normalized spacial score (nSPS) is 18.2. The summed E-state index contributed by atoms with van der Waals surface area (Å²) in [4.78, 5) is 12.1. The van der Waals surface area contributed by atoms with Crippen molar-refractivity contribution in [3.63, 3.8) is 0 Å². The number of hydrogen-bond acceptors (Lipinski definition) is 3. The van der Waals surface area contributed by atoms with E-state index in [4.69, 9.17) is 10.5 Å². The number of benzene rings is 1. The standard InChI is InChI=1S/C15H21NO2/c1-3-10(2)14(16)15(17)11-4-6-12(7-5-11)18-13-8-9-13/h4-7,10,13-14H,3,8-9,16H2,1-2H3. The Morgan fingerprint density at radius 2 is 2.00 bits per heavy atom. The number of nitrogens with two attached hydrogens (primary N) is 1. The number of hydrogen-bond donors (Lipinski definition) is 1. The second-order valence-corrected chi connectivity index (χ2v) is 5.12. The number of rotatable bonds is 6. The van der Waals surface area contributed by atoms with Gasteiger partial charge in [0.2, 0.25) is 0 Å². The van der Waals surface area contributed by atoms with Crippen LogP contribution in [0.25, 0.3) is 0 Å². The molecule has 0 saturated heterocycles. The zero-order valence-corrected chi connectivity index (χ0v) is 11.1. The van der Waals surface area contributed by atoms with Crippen LogP contribution in [0.3, 0.4) is 0 Å². The van der Waals surface area contributed by atoms with Crippen molar-refractivity contribution in [1.29, 1.82) is 0 Å². The first kappa shape index (κ1) is 13.1. The Labute approximate surface area is 108 Å². The fourth-order valence-electron chi connectivity index (χ4n) is 1.78. The molecule has 2 atom stereocenters. The molecule has 0 heterocycles. The maximum Gasteiger partial charge on any atom is 0.179 e. The van der Waals surface area contributed by atoms with E-state index < -0.39 is 6.04 Å². The van der Waals surface area contributed by atoms with E-state index in [2.05, 4.69) is 0 Å². The maximum absolute atomic E-state index is 12.1. The van der Waals surface area contributed by atoms with E-state index in [1.807, 2.05) is 38.1 Å². The molecule has 18 heavy (non-hydrogen) atoms. The molecule has 1 aromatic rings. The summed E-state index contributed by atoms with van der Waals surface area (Å²) in [7, 11) is 0. The van der Waals surface area contributed by atoms with Crippen LogP contribution in [0, 0.1) is 5.92 Å². The molecule has 3 nitrogen and oxygen atoms in total. The van der Waals surface area contributed by atoms with Crippen molar-refractivity contribution < 1.29 is 9.53 Å². The Balaban J connectivity index is 2.01. The highest BCUT2D eigenvalue weighted by molar-refractivity contribution is 6.00. The summed E-state index contributed by atoms with van der Waals surface area (Å²) >= 11 is 0. The van der Waals surface area contributed by atoms with Crippen molar-refractivity contribution >= 4 is 5.78 Å². The van der Waals surface area contributed by atoms with E-state index in [1.54, 1.807) is 0 Å². The van der Waals surface area contributed by atoms with Gasteiger partial charge in [-0.1, -0.05) is 20.3 Å². The molecule has 0 radical (unpaired) electrons. The minimum Gasteiger partial charge on any atom is -0.490 e. The highest BCUT2D eigenvalue weighted by Crippen LogP contribution is 2.27. The van der Waals surface area contributed by atoms with E-state index >= 15 is 0 Å². The predicted octanol–water partition coefficient (Wildman–Crippen LogP) is 2.78. The van der Waals surface area contributed by atoms with Crippen molar-refractivity contribution in [2.45, 2.75) is 45.3 Å². The van der Waals surface area contributed by atoms with Gasteiger partial charge >= 0.3 is 0 Å². The molecule has 98 valence electrons. The Kier molecular flexibility index (Phi) is 4.02. The molecule has 2 rings (SSSR count). The van der Waals surface area contributed by atoms with Crippen LogP contribution < -0.4 is 10.5 Å². The highest BCUT2D eigenvalue weighted by Gasteiger charge is 2.24.